The number of non-ortho nitro benzene ring substituents is 1. The second-order valence-electron chi connectivity index (χ2n) is 3.52. The van der Waals surface area contributed by atoms with Crippen LogP contribution in [0, 0.1) is 21.4 Å². The Morgan fingerprint density at radius 2 is 2.33 bits per heavy atom. The molecule has 7 heteroatoms. The Bertz CT molecular complexity index is 645. The molecule has 2 rings (SSSR count). The number of nitrogens with zero attached hydrogens (tertiary/aromatic N) is 4. The van der Waals surface area contributed by atoms with Crippen LogP contribution in [-0.4, -0.2) is 14.5 Å². The first kappa shape index (κ1) is 12.1. The average Bonchev–Trinajstić information content (AvgIpc) is 2.79. The van der Waals surface area contributed by atoms with Crippen LogP contribution >= 0.6 is 11.6 Å². The van der Waals surface area contributed by atoms with Gasteiger partial charge in [0.2, 0.25) is 5.82 Å². The van der Waals surface area contributed by atoms with Crippen LogP contribution in [0.3, 0.4) is 0 Å². The minimum Gasteiger partial charge on any atom is -0.318 e. The highest BCUT2D eigenvalue weighted by Gasteiger charge is 2.11. The van der Waals surface area contributed by atoms with Crippen molar-refractivity contribution in [1.82, 2.24) is 9.55 Å². The molecule has 90 valence electrons. The summed E-state index contributed by atoms with van der Waals surface area (Å²) in [7, 11) is 0. The fourth-order valence-electron chi connectivity index (χ4n) is 1.53. The summed E-state index contributed by atoms with van der Waals surface area (Å²) in [6.45, 7) is 0.267. The van der Waals surface area contributed by atoms with E-state index in [4.69, 9.17) is 16.9 Å². The summed E-state index contributed by atoms with van der Waals surface area (Å²) in [6, 6.07) is 6.13. The van der Waals surface area contributed by atoms with Gasteiger partial charge in [-0.1, -0.05) is 11.6 Å². The SMILES string of the molecule is N#Cc1nccn1Cc1cc([N+](=O)[O-])ccc1Cl. The Labute approximate surface area is 107 Å². The number of nitro groups is 1. The van der Waals surface area contributed by atoms with Gasteiger partial charge < -0.3 is 4.57 Å². The van der Waals surface area contributed by atoms with Gasteiger partial charge in [0.1, 0.15) is 6.07 Å². The molecule has 0 unspecified atom stereocenters. The molecule has 0 aliphatic carbocycles. The summed E-state index contributed by atoms with van der Waals surface area (Å²) in [5.74, 6) is 0.234. The Morgan fingerprint density at radius 1 is 1.56 bits per heavy atom. The molecule has 1 aromatic heterocycles. The number of imidazole rings is 1. The summed E-state index contributed by atoms with van der Waals surface area (Å²) in [4.78, 5) is 14.0. The third-order valence-corrected chi connectivity index (χ3v) is 2.77. The van der Waals surface area contributed by atoms with E-state index >= 15 is 0 Å². The maximum Gasteiger partial charge on any atom is 0.269 e. The molecule has 0 amide bonds. The lowest BCUT2D eigenvalue weighted by Gasteiger charge is -2.06. The van der Waals surface area contributed by atoms with Crippen molar-refractivity contribution in [2.24, 2.45) is 0 Å². The van der Waals surface area contributed by atoms with Gasteiger partial charge in [0.15, 0.2) is 0 Å². The molecule has 6 nitrogen and oxygen atoms in total. The molecule has 1 heterocycles. The van der Waals surface area contributed by atoms with Gasteiger partial charge in [-0.25, -0.2) is 4.98 Å². The van der Waals surface area contributed by atoms with Crippen LogP contribution in [0.1, 0.15) is 11.4 Å². The molecule has 2 aromatic rings. The van der Waals surface area contributed by atoms with Crippen LogP contribution in [0.2, 0.25) is 5.02 Å². The highest BCUT2D eigenvalue weighted by atomic mass is 35.5. The molecule has 0 bridgehead atoms. The van der Waals surface area contributed by atoms with E-state index in [0.29, 0.717) is 10.6 Å². The zero-order chi connectivity index (χ0) is 13.1. The number of halogens is 1. The maximum atomic E-state index is 10.7. The fourth-order valence-corrected chi connectivity index (χ4v) is 1.71. The largest absolute Gasteiger partial charge is 0.318 e. The third-order valence-electron chi connectivity index (χ3n) is 2.40. The van der Waals surface area contributed by atoms with Crippen molar-refractivity contribution in [3.63, 3.8) is 0 Å². The van der Waals surface area contributed by atoms with Crippen molar-refractivity contribution < 1.29 is 4.92 Å². The number of rotatable bonds is 3. The smallest absolute Gasteiger partial charge is 0.269 e. The maximum absolute atomic E-state index is 10.7. The summed E-state index contributed by atoms with van der Waals surface area (Å²) >= 11 is 5.97. The zero-order valence-electron chi connectivity index (χ0n) is 9.08. The minimum absolute atomic E-state index is 0.0342. The van der Waals surface area contributed by atoms with Gasteiger partial charge >= 0.3 is 0 Å². The number of hydrogen-bond acceptors (Lipinski definition) is 4. The van der Waals surface area contributed by atoms with Gasteiger partial charge in [-0.15, -0.1) is 0 Å². The van der Waals surface area contributed by atoms with Gasteiger partial charge in [0, 0.05) is 29.5 Å². The fraction of sp³-hybridized carbons (Fsp3) is 0.0909. The second-order valence-corrected chi connectivity index (χ2v) is 3.93. The zero-order valence-corrected chi connectivity index (χ0v) is 9.83. The van der Waals surface area contributed by atoms with E-state index in [-0.39, 0.29) is 18.1 Å². The number of nitro benzene ring substituents is 1. The van der Waals surface area contributed by atoms with Crippen LogP contribution in [0.5, 0.6) is 0 Å². The summed E-state index contributed by atoms with van der Waals surface area (Å²) < 4.78 is 1.57. The highest BCUT2D eigenvalue weighted by molar-refractivity contribution is 6.31. The average molecular weight is 263 g/mol. The second kappa shape index (κ2) is 4.85. The van der Waals surface area contributed by atoms with Gasteiger partial charge in [0.05, 0.1) is 11.5 Å². The molecule has 0 fully saturated rings. The minimum atomic E-state index is -0.487. The first-order valence-corrected chi connectivity index (χ1v) is 5.33. The van der Waals surface area contributed by atoms with Gasteiger partial charge in [0.25, 0.3) is 5.69 Å². The quantitative estimate of drug-likeness (QED) is 0.628. The van der Waals surface area contributed by atoms with Crippen molar-refractivity contribution in [3.8, 4) is 6.07 Å². The summed E-state index contributed by atoms with van der Waals surface area (Å²) in [5.41, 5.74) is 0.536. The molecule has 1 aromatic carbocycles. The first-order chi connectivity index (χ1) is 8.61. The Morgan fingerprint density at radius 3 is 3.00 bits per heavy atom. The van der Waals surface area contributed by atoms with E-state index in [2.05, 4.69) is 4.98 Å². The van der Waals surface area contributed by atoms with E-state index in [1.165, 1.54) is 24.4 Å². The lowest BCUT2D eigenvalue weighted by molar-refractivity contribution is -0.384. The van der Waals surface area contributed by atoms with Crippen molar-refractivity contribution in [2.75, 3.05) is 0 Å². The van der Waals surface area contributed by atoms with E-state index < -0.39 is 4.92 Å². The molecular formula is C11H7ClN4O2. The van der Waals surface area contributed by atoms with Gasteiger partial charge in [-0.3, -0.25) is 10.1 Å². The standard InChI is InChI=1S/C11H7ClN4O2/c12-10-2-1-9(16(17)18)5-8(10)7-15-4-3-14-11(15)6-13/h1-5H,7H2. The predicted octanol–water partition coefficient (Wildman–Crippen LogP) is 2.36. The normalized spacial score (nSPS) is 10.0. The lowest BCUT2D eigenvalue weighted by Crippen LogP contribution is -2.02. The van der Waals surface area contributed by atoms with E-state index in [0.717, 1.165) is 0 Å². The molecule has 0 saturated heterocycles. The molecule has 0 N–H and O–H groups in total. The number of benzene rings is 1. The van der Waals surface area contributed by atoms with Crippen LogP contribution in [0.4, 0.5) is 5.69 Å². The van der Waals surface area contributed by atoms with E-state index in [1.54, 1.807) is 10.8 Å². The Balaban J connectivity index is 2.37. The monoisotopic (exact) mass is 262 g/mol. The molecule has 0 atom stereocenters. The number of nitriles is 1. The molecule has 0 radical (unpaired) electrons. The Kier molecular flexibility index (Phi) is 3.26. The predicted molar refractivity (Wildman–Crippen MR) is 64.2 cm³/mol. The lowest BCUT2D eigenvalue weighted by atomic mass is 10.2. The molecule has 0 aliphatic heterocycles. The molecule has 0 spiro atoms. The third kappa shape index (κ3) is 2.31. The van der Waals surface area contributed by atoms with Crippen molar-refractivity contribution >= 4 is 17.3 Å². The Hall–Kier alpha value is -2.39. The molecule has 0 saturated carbocycles. The van der Waals surface area contributed by atoms with Crippen molar-refractivity contribution in [2.45, 2.75) is 6.54 Å². The number of aromatic nitrogens is 2. The molecule has 0 aliphatic rings. The molecular weight excluding hydrogens is 256 g/mol. The van der Waals surface area contributed by atoms with E-state index in [1.807, 2.05) is 6.07 Å². The van der Waals surface area contributed by atoms with Crippen LogP contribution < -0.4 is 0 Å². The van der Waals surface area contributed by atoms with Crippen molar-refractivity contribution in [1.29, 1.82) is 5.26 Å². The number of hydrogen-bond donors (Lipinski definition) is 0. The van der Waals surface area contributed by atoms with E-state index in [9.17, 15) is 10.1 Å². The van der Waals surface area contributed by atoms with Crippen LogP contribution in [-0.2, 0) is 6.54 Å². The van der Waals surface area contributed by atoms with Gasteiger partial charge in [-0.05, 0) is 11.6 Å². The van der Waals surface area contributed by atoms with Crippen LogP contribution in [0.15, 0.2) is 30.6 Å². The summed E-state index contributed by atoms with van der Waals surface area (Å²) in [6.07, 6.45) is 3.11. The first-order valence-electron chi connectivity index (χ1n) is 4.96. The molecule has 18 heavy (non-hydrogen) atoms. The summed E-state index contributed by atoms with van der Waals surface area (Å²) in [5, 5.41) is 19.9. The highest BCUT2D eigenvalue weighted by Crippen LogP contribution is 2.23. The van der Waals surface area contributed by atoms with Crippen LogP contribution in [0.25, 0.3) is 0 Å². The van der Waals surface area contributed by atoms with Gasteiger partial charge in [-0.2, -0.15) is 5.26 Å². The topological polar surface area (TPSA) is 84.8 Å². The van der Waals surface area contributed by atoms with Crippen molar-refractivity contribution in [3.05, 3.63) is 57.1 Å².